The number of para-hydroxylation sites is 1. The zero-order valence-electron chi connectivity index (χ0n) is 16.8. The number of nitrogens with zero attached hydrogens (tertiary/aromatic N) is 5. The Bertz CT molecular complexity index is 1410. The van der Waals surface area contributed by atoms with Crippen molar-refractivity contribution in [3.05, 3.63) is 72.7 Å². The van der Waals surface area contributed by atoms with Gasteiger partial charge in [-0.15, -0.1) is 0 Å². The van der Waals surface area contributed by atoms with Crippen LogP contribution in [0.5, 0.6) is 0 Å². The summed E-state index contributed by atoms with van der Waals surface area (Å²) in [6.07, 6.45) is 5.24. The van der Waals surface area contributed by atoms with E-state index in [0.717, 1.165) is 33.5 Å². The predicted molar refractivity (Wildman–Crippen MR) is 100 cm³/mol. The lowest BCUT2D eigenvalue weighted by Crippen LogP contribution is -2.33. The number of pyridine rings is 2. The third kappa shape index (κ3) is 1.57. The summed E-state index contributed by atoms with van der Waals surface area (Å²) in [5, 5.41) is 0.815. The molecule has 0 N–H and O–H groups in total. The third-order valence-electron chi connectivity index (χ3n) is 5.12. The standard InChI is InChI=1S/C21H16N5/c1-24-18-16-8-5-10-23-19(16)26(15-6-3-2-4-7-15)21(18)25-13-14-9-11-22-12-17(14)20(24)25/h2-12H,13H2,1H3/q+1/i1D3. The Morgan fingerprint density at radius 2 is 2.00 bits per heavy atom. The molecule has 0 atom stereocenters. The Balaban J connectivity index is 1.87. The first-order valence-corrected chi connectivity index (χ1v) is 8.48. The van der Waals surface area contributed by atoms with Gasteiger partial charge in [-0.3, -0.25) is 9.55 Å². The maximum absolute atomic E-state index is 8.30. The maximum Gasteiger partial charge on any atom is 0.276 e. The minimum atomic E-state index is -2.35. The average Bonchev–Trinajstić information content (AvgIpc) is 3.34. The molecule has 0 amide bonds. The van der Waals surface area contributed by atoms with Crippen LogP contribution < -0.4 is 4.57 Å². The Hall–Kier alpha value is -3.47. The lowest BCUT2D eigenvalue weighted by atomic mass is 10.2. The molecule has 5 heterocycles. The molecule has 0 aliphatic carbocycles. The minimum Gasteiger partial charge on any atom is -0.264 e. The molecule has 0 radical (unpaired) electrons. The summed E-state index contributed by atoms with van der Waals surface area (Å²) < 4.78 is 30.5. The second kappa shape index (κ2) is 4.79. The monoisotopic (exact) mass is 341 g/mol. The Kier molecular flexibility index (Phi) is 2.06. The van der Waals surface area contributed by atoms with Gasteiger partial charge in [-0.05, 0) is 30.3 Å². The number of aromatic nitrogens is 5. The van der Waals surface area contributed by atoms with Crippen molar-refractivity contribution in [2.45, 2.75) is 6.54 Å². The van der Waals surface area contributed by atoms with Crippen LogP contribution in [0.1, 0.15) is 9.68 Å². The molecular formula is C21H16N5+. The van der Waals surface area contributed by atoms with E-state index in [2.05, 4.69) is 19.1 Å². The number of benzene rings is 1. The van der Waals surface area contributed by atoms with Gasteiger partial charge in [0.15, 0.2) is 5.52 Å². The number of hydrogen-bond donors (Lipinski definition) is 0. The first-order chi connectivity index (χ1) is 14.1. The average molecular weight is 341 g/mol. The summed E-state index contributed by atoms with van der Waals surface area (Å²) in [4.78, 5) is 8.85. The summed E-state index contributed by atoms with van der Waals surface area (Å²) in [6, 6.07) is 15.7. The molecule has 124 valence electrons. The van der Waals surface area contributed by atoms with Gasteiger partial charge < -0.3 is 0 Å². The van der Waals surface area contributed by atoms with Crippen LogP contribution in [0.15, 0.2) is 67.1 Å². The fourth-order valence-corrected chi connectivity index (χ4v) is 4.05. The lowest BCUT2D eigenvalue weighted by Gasteiger charge is -2.02. The number of fused-ring (bicyclic) bond motifs is 7. The van der Waals surface area contributed by atoms with Gasteiger partial charge in [0.25, 0.3) is 5.65 Å². The lowest BCUT2D eigenvalue weighted by molar-refractivity contribution is -0.648. The van der Waals surface area contributed by atoms with Crippen LogP contribution in [0.3, 0.4) is 0 Å². The molecule has 1 aromatic carbocycles. The Labute approximate surface area is 154 Å². The molecular weight excluding hydrogens is 322 g/mol. The summed E-state index contributed by atoms with van der Waals surface area (Å²) in [5.74, 6) is 0.661. The molecule has 0 unspecified atom stereocenters. The highest BCUT2D eigenvalue weighted by Gasteiger charge is 2.36. The van der Waals surface area contributed by atoms with E-state index in [1.807, 2.05) is 48.5 Å². The van der Waals surface area contributed by atoms with Crippen molar-refractivity contribution >= 4 is 22.2 Å². The zero-order chi connectivity index (χ0) is 19.8. The second-order valence-corrected chi connectivity index (χ2v) is 6.50. The minimum absolute atomic E-state index is 0.593. The quantitative estimate of drug-likeness (QED) is 0.431. The van der Waals surface area contributed by atoms with Crippen LogP contribution in [0.4, 0.5) is 0 Å². The van der Waals surface area contributed by atoms with Crippen molar-refractivity contribution in [2.75, 3.05) is 0 Å². The molecule has 6 rings (SSSR count). The largest absolute Gasteiger partial charge is 0.276 e. The Morgan fingerprint density at radius 1 is 1.08 bits per heavy atom. The number of imidazole rings is 1. The number of hydrogen-bond acceptors (Lipinski definition) is 2. The van der Waals surface area contributed by atoms with Crippen molar-refractivity contribution in [3.63, 3.8) is 0 Å². The highest BCUT2D eigenvalue weighted by molar-refractivity contribution is 6.04. The van der Waals surface area contributed by atoms with Crippen LogP contribution >= 0.6 is 0 Å². The van der Waals surface area contributed by atoms with Crippen molar-refractivity contribution < 1.29 is 8.68 Å². The van der Waals surface area contributed by atoms with Gasteiger partial charge >= 0.3 is 0 Å². The molecule has 5 aromatic rings. The van der Waals surface area contributed by atoms with Crippen LogP contribution in [-0.2, 0) is 13.5 Å². The number of rotatable bonds is 1. The van der Waals surface area contributed by atoms with E-state index in [9.17, 15) is 0 Å². The van der Waals surface area contributed by atoms with Crippen LogP contribution in [0.2, 0.25) is 0 Å². The summed E-state index contributed by atoms with van der Waals surface area (Å²) in [7, 11) is 0. The zero-order valence-corrected chi connectivity index (χ0v) is 13.8. The van der Waals surface area contributed by atoms with Gasteiger partial charge in [0.05, 0.1) is 28.6 Å². The van der Waals surface area contributed by atoms with Gasteiger partial charge in [-0.2, -0.15) is 0 Å². The molecule has 0 saturated heterocycles. The maximum atomic E-state index is 8.30. The van der Waals surface area contributed by atoms with Crippen molar-refractivity contribution in [1.29, 1.82) is 0 Å². The third-order valence-corrected chi connectivity index (χ3v) is 5.12. The van der Waals surface area contributed by atoms with Crippen molar-refractivity contribution in [2.24, 2.45) is 6.98 Å². The Morgan fingerprint density at radius 3 is 2.88 bits per heavy atom. The molecule has 1 aliphatic rings. The van der Waals surface area contributed by atoms with Crippen LogP contribution in [0.25, 0.3) is 39.3 Å². The van der Waals surface area contributed by atoms with Crippen LogP contribution in [-0.4, -0.2) is 19.1 Å². The molecule has 4 aromatic heterocycles. The molecule has 1 aliphatic heterocycles. The second-order valence-electron chi connectivity index (χ2n) is 6.50. The van der Waals surface area contributed by atoms with E-state index >= 15 is 0 Å². The topological polar surface area (TPSA) is 39.5 Å². The molecule has 0 spiro atoms. The summed E-state index contributed by atoms with van der Waals surface area (Å²) in [5.41, 5.74) is 5.10. The van der Waals surface area contributed by atoms with E-state index in [1.165, 1.54) is 4.57 Å². The van der Waals surface area contributed by atoms with E-state index < -0.39 is 6.98 Å². The SMILES string of the molecule is [2H]C([2H])([2H])n1c2[n+](c3c1c1cccnc1n3-c1ccccc1)Cc1ccncc1-2. The molecule has 5 heteroatoms. The van der Waals surface area contributed by atoms with E-state index in [1.54, 1.807) is 18.6 Å². The van der Waals surface area contributed by atoms with E-state index in [0.29, 0.717) is 17.9 Å². The van der Waals surface area contributed by atoms with Crippen molar-refractivity contribution in [3.8, 4) is 17.1 Å². The molecule has 26 heavy (non-hydrogen) atoms. The molecule has 0 fully saturated rings. The summed E-state index contributed by atoms with van der Waals surface area (Å²) in [6.45, 7) is -1.75. The number of aryl methyl sites for hydroxylation is 1. The van der Waals surface area contributed by atoms with Gasteiger partial charge in [-0.25, -0.2) is 14.1 Å². The fourth-order valence-electron chi connectivity index (χ4n) is 4.05. The van der Waals surface area contributed by atoms with Crippen molar-refractivity contribution in [1.82, 2.24) is 19.1 Å². The molecule has 0 saturated carbocycles. The highest BCUT2D eigenvalue weighted by atomic mass is 15.3. The van der Waals surface area contributed by atoms with Gasteiger partial charge in [0.2, 0.25) is 11.5 Å². The smallest absolute Gasteiger partial charge is 0.264 e. The van der Waals surface area contributed by atoms with Crippen LogP contribution in [0, 0.1) is 0 Å². The van der Waals surface area contributed by atoms with Gasteiger partial charge in [-0.1, -0.05) is 18.2 Å². The predicted octanol–water partition coefficient (Wildman–Crippen LogP) is 3.23. The van der Waals surface area contributed by atoms with Gasteiger partial charge in [0.1, 0.15) is 5.69 Å². The normalized spacial score (nSPS) is 14.8. The van der Waals surface area contributed by atoms with E-state index in [-0.39, 0.29) is 0 Å². The highest BCUT2D eigenvalue weighted by Crippen LogP contribution is 2.35. The first-order valence-electron chi connectivity index (χ1n) is 9.98. The fraction of sp³-hybridized carbons (Fsp3) is 0.0952. The van der Waals surface area contributed by atoms with E-state index in [4.69, 9.17) is 4.11 Å². The molecule has 0 bridgehead atoms. The first kappa shape index (κ1) is 11.2. The molecule has 5 nitrogen and oxygen atoms in total. The van der Waals surface area contributed by atoms with Gasteiger partial charge in [0, 0.05) is 24.2 Å². The summed E-state index contributed by atoms with van der Waals surface area (Å²) >= 11 is 0.